The van der Waals surface area contributed by atoms with Crippen molar-refractivity contribution in [3.05, 3.63) is 30.1 Å². The number of amides is 1. The van der Waals surface area contributed by atoms with Crippen LogP contribution in [0.4, 0.5) is 0 Å². The molecule has 2 rings (SSSR count). The Bertz CT molecular complexity index is 454. The monoisotopic (exact) mass is 261 g/mol. The summed E-state index contributed by atoms with van der Waals surface area (Å²) in [5.41, 5.74) is 0.703. The van der Waals surface area contributed by atoms with Crippen molar-refractivity contribution in [2.75, 3.05) is 13.1 Å². The Hall–Kier alpha value is -1.42. The van der Waals surface area contributed by atoms with Gasteiger partial charge in [-0.3, -0.25) is 9.78 Å². The summed E-state index contributed by atoms with van der Waals surface area (Å²) >= 11 is 0. The second kappa shape index (κ2) is 4.93. The van der Waals surface area contributed by atoms with Gasteiger partial charge in [-0.05, 0) is 45.4 Å². The minimum Gasteiger partial charge on any atom is -0.336 e. The van der Waals surface area contributed by atoms with Gasteiger partial charge in [0.25, 0.3) is 0 Å². The molecule has 0 atom stereocenters. The fourth-order valence-electron chi connectivity index (χ4n) is 2.41. The number of nitrogens with zero attached hydrogens (tertiary/aromatic N) is 2. The molecule has 1 aromatic heterocycles. The van der Waals surface area contributed by atoms with Gasteiger partial charge in [-0.15, -0.1) is 0 Å². The Morgan fingerprint density at radius 2 is 1.89 bits per heavy atom. The molecule has 1 amide bonds. The van der Waals surface area contributed by atoms with E-state index in [0.29, 0.717) is 13.1 Å². The number of hydrogen-bond donors (Lipinski definition) is 1. The molecule has 19 heavy (non-hydrogen) atoms. The first-order valence-corrected chi connectivity index (χ1v) is 6.73. The molecule has 104 valence electrons. The van der Waals surface area contributed by atoms with E-state index in [-0.39, 0.29) is 16.9 Å². The molecule has 4 heteroatoms. The summed E-state index contributed by atoms with van der Waals surface area (Å²) in [6, 6.07) is 3.93. The maximum Gasteiger partial charge on any atom is 0.229 e. The third kappa shape index (κ3) is 3.32. The van der Waals surface area contributed by atoms with Gasteiger partial charge in [-0.1, -0.05) is 0 Å². The van der Waals surface area contributed by atoms with Gasteiger partial charge < -0.3 is 10.2 Å². The second-order valence-electron chi connectivity index (χ2n) is 6.64. The van der Waals surface area contributed by atoms with Crippen LogP contribution < -0.4 is 5.32 Å². The average molecular weight is 261 g/mol. The lowest BCUT2D eigenvalue weighted by atomic mass is 9.92. The van der Waals surface area contributed by atoms with Crippen LogP contribution >= 0.6 is 0 Å². The van der Waals surface area contributed by atoms with Gasteiger partial charge in [0.1, 0.15) is 0 Å². The molecule has 1 aromatic rings. The van der Waals surface area contributed by atoms with Crippen LogP contribution in [0, 0.1) is 5.41 Å². The van der Waals surface area contributed by atoms with Crippen molar-refractivity contribution in [3.63, 3.8) is 0 Å². The summed E-state index contributed by atoms with van der Waals surface area (Å²) in [5, 5.41) is 3.48. The smallest absolute Gasteiger partial charge is 0.229 e. The average Bonchev–Trinajstić information content (AvgIpc) is 2.42. The highest BCUT2D eigenvalue weighted by Crippen LogP contribution is 2.25. The van der Waals surface area contributed by atoms with Crippen LogP contribution in [0.2, 0.25) is 0 Å². The van der Waals surface area contributed by atoms with Crippen LogP contribution in [0.15, 0.2) is 24.5 Å². The van der Waals surface area contributed by atoms with Gasteiger partial charge in [0, 0.05) is 37.6 Å². The number of nitrogens with one attached hydrogen (secondary N) is 1. The van der Waals surface area contributed by atoms with Crippen LogP contribution in [-0.2, 0) is 11.3 Å². The van der Waals surface area contributed by atoms with Crippen LogP contribution in [0.25, 0.3) is 0 Å². The predicted molar refractivity (Wildman–Crippen MR) is 75.5 cm³/mol. The lowest BCUT2D eigenvalue weighted by Crippen LogP contribution is -2.46. The number of pyridine rings is 1. The summed E-state index contributed by atoms with van der Waals surface area (Å²) in [5.74, 6) is 0.211. The Labute approximate surface area is 115 Å². The number of carbonyl (C=O) groups excluding carboxylic acids is 1. The number of aromatic nitrogens is 1. The summed E-state index contributed by atoms with van der Waals surface area (Å²) < 4.78 is 0. The van der Waals surface area contributed by atoms with Crippen molar-refractivity contribution in [2.45, 2.75) is 39.8 Å². The maximum absolute atomic E-state index is 12.6. The van der Waals surface area contributed by atoms with Crippen molar-refractivity contribution in [3.8, 4) is 0 Å². The molecule has 4 nitrogen and oxygen atoms in total. The minimum atomic E-state index is -0.360. The molecule has 0 unspecified atom stereocenters. The van der Waals surface area contributed by atoms with Gasteiger partial charge in [-0.25, -0.2) is 0 Å². The molecule has 1 aliphatic rings. The second-order valence-corrected chi connectivity index (χ2v) is 6.64. The quantitative estimate of drug-likeness (QED) is 0.883. The van der Waals surface area contributed by atoms with Crippen molar-refractivity contribution in [2.24, 2.45) is 5.41 Å². The van der Waals surface area contributed by atoms with Crippen LogP contribution in [0.1, 0.15) is 33.3 Å². The fourth-order valence-corrected chi connectivity index (χ4v) is 2.41. The maximum atomic E-state index is 12.6. The molecule has 0 radical (unpaired) electrons. The SMILES string of the molecule is CC1(C)CN(Cc2ccncc2)C(=O)C(C)(C)CN1. The Morgan fingerprint density at radius 3 is 2.53 bits per heavy atom. The molecule has 0 bridgehead atoms. The largest absolute Gasteiger partial charge is 0.336 e. The minimum absolute atomic E-state index is 0.0591. The summed E-state index contributed by atoms with van der Waals surface area (Å²) in [4.78, 5) is 18.6. The molecule has 1 saturated heterocycles. The standard InChI is InChI=1S/C15H23N3O/c1-14(2)10-17-15(3,4)11-18(13(14)19)9-12-5-7-16-8-6-12/h5-8,17H,9-11H2,1-4H3. The third-order valence-electron chi connectivity index (χ3n) is 3.58. The van der Waals surface area contributed by atoms with E-state index < -0.39 is 0 Å². The first-order chi connectivity index (χ1) is 8.80. The van der Waals surface area contributed by atoms with Crippen molar-refractivity contribution < 1.29 is 4.79 Å². The van der Waals surface area contributed by atoms with E-state index in [4.69, 9.17) is 0 Å². The summed E-state index contributed by atoms with van der Waals surface area (Å²) in [6.45, 7) is 10.4. The van der Waals surface area contributed by atoms with Gasteiger partial charge in [0.15, 0.2) is 0 Å². The highest BCUT2D eigenvalue weighted by atomic mass is 16.2. The van der Waals surface area contributed by atoms with E-state index in [2.05, 4.69) is 24.1 Å². The van der Waals surface area contributed by atoms with Crippen LogP contribution in [0.3, 0.4) is 0 Å². The van der Waals surface area contributed by atoms with Gasteiger partial charge in [0.05, 0.1) is 5.41 Å². The fraction of sp³-hybridized carbons (Fsp3) is 0.600. The highest BCUT2D eigenvalue weighted by Gasteiger charge is 2.39. The molecule has 1 fully saturated rings. The normalized spacial score (nSPS) is 22.1. The Kier molecular flexibility index (Phi) is 3.63. The lowest BCUT2D eigenvalue weighted by Gasteiger charge is -2.31. The van der Waals surface area contributed by atoms with Crippen molar-refractivity contribution in [1.29, 1.82) is 0 Å². The topological polar surface area (TPSA) is 45.2 Å². The van der Waals surface area contributed by atoms with E-state index in [1.165, 1.54) is 0 Å². The van der Waals surface area contributed by atoms with Crippen molar-refractivity contribution >= 4 is 5.91 Å². The van der Waals surface area contributed by atoms with E-state index in [0.717, 1.165) is 12.1 Å². The van der Waals surface area contributed by atoms with E-state index in [9.17, 15) is 4.79 Å². The van der Waals surface area contributed by atoms with E-state index in [1.54, 1.807) is 12.4 Å². The van der Waals surface area contributed by atoms with Crippen LogP contribution in [0.5, 0.6) is 0 Å². The molecule has 1 N–H and O–H groups in total. The summed E-state index contributed by atoms with van der Waals surface area (Å²) in [7, 11) is 0. The molecule has 0 saturated carbocycles. The Morgan fingerprint density at radius 1 is 1.26 bits per heavy atom. The van der Waals surface area contributed by atoms with Crippen LogP contribution in [-0.4, -0.2) is 34.4 Å². The lowest BCUT2D eigenvalue weighted by molar-refractivity contribution is -0.139. The molecule has 0 aromatic carbocycles. The molecule has 0 aliphatic carbocycles. The first-order valence-electron chi connectivity index (χ1n) is 6.73. The van der Waals surface area contributed by atoms with E-state index in [1.807, 2.05) is 30.9 Å². The van der Waals surface area contributed by atoms with Gasteiger partial charge in [-0.2, -0.15) is 0 Å². The number of rotatable bonds is 2. The van der Waals surface area contributed by atoms with Crippen molar-refractivity contribution in [1.82, 2.24) is 15.2 Å². The Balaban J connectivity index is 2.22. The molecular formula is C15H23N3O. The molecular weight excluding hydrogens is 238 g/mol. The first kappa shape index (κ1) is 14.0. The van der Waals surface area contributed by atoms with E-state index >= 15 is 0 Å². The number of hydrogen-bond acceptors (Lipinski definition) is 3. The highest BCUT2D eigenvalue weighted by molar-refractivity contribution is 5.82. The molecule has 0 spiro atoms. The molecule has 2 heterocycles. The molecule has 1 aliphatic heterocycles. The van der Waals surface area contributed by atoms with Gasteiger partial charge >= 0.3 is 0 Å². The third-order valence-corrected chi connectivity index (χ3v) is 3.58. The number of carbonyl (C=O) groups is 1. The zero-order valence-electron chi connectivity index (χ0n) is 12.2. The zero-order valence-corrected chi connectivity index (χ0v) is 12.2. The van der Waals surface area contributed by atoms with Gasteiger partial charge in [0.2, 0.25) is 5.91 Å². The summed E-state index contributed by atoms with van der Waals surface area (Å²) in [6.07, 6.45) is 3.54. The predicted octanol–water partition coefficient (Wildman–Crippen LogP) is 1.82. The zero-order chi connectivity index (χ0) is 14.1.